The van der Waals surface area contributed by atoms with Crippen LogP contribution in [0.15, 0.2) is 42.1 Å². The number of amidine groups is 1. The molecular formula is C14H18N4O3. The quantitative estimate of drug-likeness (QED) is 0.265. The molecule has 0 atom stereocenters. The molecule has 1 aromatic heterocycles. The molecule has 0 unspecified atom stereocenters. The van der Waals surface area contributed by atoms with E-state index in [2.05, 4.69) is 10.1 Å². The van der Waals surface area contributed by atoms with Crippen molar-refractivity contribution in [1.29, 1.82) is 0 Å². The lowest BCUT2D eigenvalue weighted by Crippen LogP contribution is -2.13. The monoisotopic (exact) mass is 290 g/mol. The molecule has 2 rings (SSSR count). The molecule has 7 heteroatoms. The third kappa shape index (κ3) is 4.13. The lowest BCUT2D eigenvalue weighted by atomic mass is 10.2. The van der Waals surface area contributed by atoms with Gasteiger partial charge in [-0.05, 0) is 18.6 Å². The zero-order valence-electron chi connectivity index (χ0n) is 11.8. The van der Waals surface area contributed by atoms with E-state index in [4.69, 9.17) is 20.4 Å². The summed E-state index contributed by atoms with van der Waals surface area (Å²) in [5.74, 6) is 1.21. The van der Waals surface area contributed by atoms with Gasteiger partial charge in [0, 0.05) is 30.6 Å². The Balaban J connectivity index is 1.95. The number of hydrogen-bond donors (Lipinski definition) is 2. The van der Waals surface area contributed by atoms with Crippen molar-refractivity contribution in [2.24, 2.45) is 10.9 Å². The van der Waals surface area contributed by atoms with E-state index in [1.165, 1.54) is 0 Å². The summed E-state index contributed by atoms with van der Waals surface area (Å²) in [6, 6.07) is 5.13. The summed E-state index contributed by atoms with van der Waals surface area (Å²) in [6.07, 6.45) is 6.25. The SMILES string of the molecule is COc1cc(OCCCn2ccnc2)cc(/C(N)=N/O)c1. The Morgan fingerprint density at radius 2 is 2.19 bits per heavy atom. The summed E-state index contributed by atoms with van der Waals surface area (Å²) in [5.41, 5.74) is 6.13. The maximum Gasteiger partial charge on any atom is 0.170 e. The second kappa shape index (κ2) is 7.18. The molecule has 7 nitrogen and oxygen atoms in total. The van der Waals surface area contributed by atoms with Gasteiger partial charge in [0.05, 0.1) is 20.0 Å². The van der Waals surface area contributed by atoms with Crippen LogP contribution in [-0.4, -0.2) is 34.3 Å². The molecule has 0 aliphatic carbocycles. The molecule has 1 aromatic carbocycles. The molecule has 3 N–H and O–H groups in total. The van der Waals surface area contributed by atoms with E-state index in [-0.39, 0.29) is 5.84 Å². The zero-order chi connectivity index (χ0) is 15.1. The predicted molar refractivity (Wildman–Crippen MR) is 77.8 cm³/mol. The topological polar surface area (TPSA) is 94.9 Å². The second-order valence-electron chi connectivity index (χ2n) is 4.38. The Labute approximate surface area is 122 Å². The number of nitrogens with two attached hydrogens (primary N) is 1. The third-order valence-corrected chi connectivity index (χ3v) is 2.91. The zero-order valence-corrected chi connectivity index (χ0v) is 11.8. The summed E-state index contributed by atoms with van der Waals surface area (Å²) in [5, 5.41) is 11.7. The van der Waals surface area contributed by atoms with Crippen molar-refractivity contribution < 1.29 is 14.7 Å². The smallest absolute Gasteiger partial charge is 0.170 e. The second-order valence-corrected chi connectivity index (χ2v) is 4.38. The lowest BCUT2D eigenvalue weighted by Gasteiger charge is -2.10. The van der Waals surface area contributed by atoms with Gasteiger partial charge >= 0.3 is 0 Å². The van der Waals surface area contributed by atoms with Gasteiger partial charge in [-0.15, -0.1) is 0 Å². The van der Waals surface area contributed by atoms with Crippen LogP contribution < -0.4 is 15.2 Å². The Bertz CT molecular complexity index is 596. The van der Waals surface area contributed by atoms with Crippen molar-refractivity contribution in [3.8, 4) is 11.5 Å². The first kappa shape index (κ1) is 14.7. The van der Waals surface area contributed by atoms with Crippen LogP contribution in [-0.2, 0) is 6.54 Å². The standard InChI is InChI=1S/C14H18N4O3/c1-20-12-7-11(14(15)17-19)8-13(9-12)21-6-2-4-18-5-3-16-10-18/h3,5,7-10,19H,2,4,6H2,1H3,(H2,15,17). The molecular weight excluding hydrogens is 272 g/mol. The minimum absolute atomic E-state index is 0.0113. The van der Waals surface area contributed by atoms with Gasteiger partial charge in [-0.2, -0.15) is 0 Å². The van der Waals surface area contributed by atoms with Gasteiger partial charge in [0.2, 0.25) is 0 Å². The lowest BCUT2D eigenvalue weighted by molar-refractivity contribution is 0.299. The number of imidazole rings is 1. The van der Waals surface area contributed by atoms with Crippen molar-refractivity contribution in [1.82, 2.24) is 9.55 Å². The van der Waals surface area contributed by atoms with Crippen LogP contribution >= 0.6 is 0 Å². The molecule has 0 amide bonds. The fourth-order valence-electron chi connectivity index (χ4n) is 1.83. The number of ether oxygens (including phenoxy) is 2. The molecule has 0 aliphatic rings. The molecule has 0 aliphatic heterocycles. The molecule has 1 heterocycles. The van der Waals surface area contributed by atoms with Crippen molar-refractivity contribution in [3.05, 3.63) is 42.5 Å². The first-order valence-electron chi connectivity index (χ1n) is 6.48. The number of nitrogens with zero attached hydrogens (tertiary/aromatic N) is 3. The van der Waals surface area contributed by atoms with Crippen LogP contribution in [0.1, 0.15) is 12.0 Å². The van der Waals surface area contributed by atoms with Gasteiger partial charge in [-0.3, -0.25) is 0 Å². The molecule has 0 fully saturated rings. The Hall–Kier alpha value is -2.70. The van der Waals surface area contributed by atoms with Crippen molar-refractivity contribution in [3.63, 3.8) is 0 Å². The number of aromatic nitrogens is 2. The highest BCUT2D eigenvalue weighted by Crippen LogP contribution is 2.22. The largest absolute Gasteiger partial charge is 0.497 e. The fraction of sp³-hybridized carbons (Fsp3) is 0.286. The number of rotatable bonds is 7. The minimum Gasteiger partial charge on any atom is -0.497 e. The van der Waals surface area contributed by atoms with Crippen LogP contribution in [0, 0.1) is 0 Å². The van der Waals surface area contributed by atoms with Crippen molar-refractivity contribution in [2.45, 2.75) is 13.0 Å². The van der Waals surface area contributed by atoms with E-state index in [0.29, 0.717) is 23.7 Å². The molecule has 0 saturated heterocycles. The number of methoxy groups -OCH3 is 1. The van der Waals surface area contributed by atoms with Crippen LogP contribution in [0.2, 0.25) is 0 Å². The Kier molecular flexibility index (Phi) is 5.03. The summed E-state index contributed by atoms with van der Waals surface area (Å²) in [6.45, 7) is 1.37. The van der Waals surface area contributed by atoms with Crippen LogP contribution in [0.25, 0.3) is 0 Å². The minimum atomic E-state index is 0.0113. The van der Waals surface area contributed by atoms with E-state index in [1.54, 1.807) is 37.8 Å². The normalized spacial score (nSPS) is 11.4. The van der Waals surface area contributed by atoms with Crippen LogP contribution in [0.3, 0.4) is 0 Å². The highest BCUT2D eigenvalue weighted by molar-refractivity contribution is 5.97. The molecule has 0 spiro atoms. The average Bonchev–Trinajstić information content (AvgIpc) is 3.03. The van der Waals surface area contributed by atoms with Crippen LogP contribution in [0.4, 0.5) is 0 Å². The highest BCUT2D eigenvalue weighted by Gasteiger charge is 2.06. The summed E-state index contributed by atoms with van der Waals surface area (Å²) in [4.78, 5) is 3.98. The van der Waals surface area contributed by atoms with Gasteiger partial charge in [-0.1, -0.05) is 5.16 Å². The summed E-state index contributed by atoms with van der Waals surface area (Å²) in [7, 11) is 1.55. The fourth-order valence-corrected chi connectivity index (χ4v) is 1.83. The molecule has 0 radical (unpaired) electrons. The number of oxime groups is 1. The van der Waals surface area contributed by atoms with Gasteiger partial charge in [0.1, 0.15) is 11.5 Å². The number of aryl methyl sites for hydroxylation is 1. The van der Waals surface area contributed by atoms with E-state index in [0.717, 1.165) is 13.0 Å². The molecule has 112 valence electrons. The third-order valence-electron chi connectivity index (χ3n) is 2.91. The van der Waals surface area contributed by atoms with Crippen molar-refractivity contribution >= 4 is 5.84 Å². The Morgan fingerprint density at radius 1 is 1.38 bits per heavy atom. The van der Waals surface area contributed by atoms with Crippen molar-refractivity contribution in [2.75, 3.05) is 13.7 Å². The maximum atomic E-state index is 8.74. The first-order valence-corrected chi connectivity index (χ1v) is 6.48. The summed E-state index contributed by atoms with van der Waals surface area (Å²) >= 11 is 0. The van der Waals surface area contributed by atoms with Gasteiger partial charge < -0.3 is 25.0 Å². The van der Waals surface area contributed by atoms with E-state index < -0.39 is 0 Å². The molecule has 0 saturated carbocycles. The molecule has 0 bridgehead atoms. The predicted octanol–water partition coefficient (Wildman–Crippen LogP) is 1.46. The number of hydrogen-bond acceptors (Lipinski definition) is 5. The first-order chi connectivity index (χ1) is 10.2. The Morgan fingerprint density at radius 3 is 2.86 bits per heavy atom. The van der Waals surface area contributed by atoms with Crippen LogP contribution in [0.5, 0.6) is 11.5 Å². The highest BCUT2D eigenvalue weighted by atomic mass is 16.5. The van der Waals surface area contributed by atoms with E-state index in [1.807, 2.05) is 10.8 Å². The van der Waals surface area contributed by atoms with Gasteiger partial charge in [-0.25, -0.2) is 4.98 Å². The van der Waals surface area contributed by atoms with E-state index >= 15 is 0 Å². The molecule has 2 aromatic rings. The van der Waals surface area contributed by atoms with Gasteiger partial charge in [0.25, 0.3) is 0 Å². The van der Waals surface area contributed by atoms with E-state index in [9.17, 15) is 0 Å². The summed E-state index contributed by atoms with van der Waals surface area (Å²) < 4.78 is 12.8. The molecule has 21 heavy (non-hydrogen) atoms. The van der Waals surface area contributed by atoms with Gasteiger partial charge in [0.15, 0.2) is 5.84 Å². The average molecular weight is 290 g/mol. The maximum absolute atomic E-state index is 8.74. The number of benzene rings is 1.